The van der Waals surface area contributed by atoms with Crippen molar-refractivity contribution >= 4 is 27.7 Å². The molecule has 0 aliphatic rings. The fourth-order valence-corrected chi connectivity index (χ4v) is 3.64. The monoisotopic (exact) mass is 391 g/mol. The lowest BCUT2D eigenvalue weighted by Crippen LogP contribution is -2.26. The third-order valence-corrected chi connectivity index (χ3v) is 5.25. The van der Waals surface area contributed by atoms with E-state index in [0.29, 0.717) is 19.5 Å². The maximum Gasteiger partial charge on any atom is 0.221 e. The lowest BCUT2D eigenvalue weighted by atomic mass is 10.1. The molecule has 6 nitrogen and oxygen atoms in total. The Balaban J connectivity index is 1.31. The van der Waals surface area contributed by atoms with Crippen LogP contribution in [0.2, 0.25) is 0 Å². The average Bonchev–Trinajstić information content (AvgIpc) is 3.35. The minimum atomic E-state index is 0.0535. The predicted octanol–water partition coefficient (Wildman–Crippen LogP) is 3.89. The van der Waals surface area contributed by atoms with Gasteiger partial charge >= 0.3 is 0 Å². The Morgan fingerprint density at radius 3 is 2.69 bits per heavy atom. The predicted molar refractivity (Wildman–Crippen MR) is 115 cm³/mol. The number of nitrogens with one attached hydrogen (secondary N) is 2. The summed E-state index contributed by atoms with van der Waals surface area (Å²) in [5.41, 5.74) is 3.35. The molecule has 2 aromatic heterocycles. The topological polar surface area (TPSA) is 68.3 Å². The highest BCUT2D eigenvalue weighted by Gasteiger charge is 2.08. The van der Waals surface area contributed by atoms with Crippen LogP contribution in [0, 0.1) is 0 Å². The first kappa shape index (κ1) is 18.9. The van der Waals surface area contributed by atoms with Gasteiger partial charge in [0.1, 0.15) is 11.5 Å². The van der Waals surface area contributed by atoms with Crippen LogP contribution in [0.1, 0.15) is 12.0 Å². The second-order valence-corrected chi connectivity index (χ2v) is 7.01. The quantitative estimate of drug-likeness (QED) is 0.479. The van der Waals surface area contributed by atoms with E-state index in [2.05, 4.69) is 14.9 Å². The summed E-state index contributed by atoms with van der Waals surface area (Å²) in [4.78, 5) is 15.6. The lowest BCUT2D eigenvalue weighted by molar-refractivity contribution is -0.121. The Bertz CT molecular complexity index is 1140. The lowest BCUT2D eigenvalue weighted by Gasteiger charge is -2.08. The maximum absolute atomic E-state index is 12.3. The second kappa shape index (κ2) is 8.31. The Hall–Kier alpha value is -3.41. The van der Waals surface area contributed by atoms with Crippen LogP contribution in [0.5, 0.6) is 11.5 Å². The van der Waals surface area contributed by atoms with Crippen molar-refractivity contribution in [2.75, 3.05) is 20.8 Å². The van der Waals surface area contributed by atoms with Crippen LogP contribution in [0.25, 0.3) is 21.8 Å². The summed E-state index contributed by atoms with van der Waals surface area (Å²) < 4.78 is 12.7. The Labute approximate surface area is 169 Å². The van der Waals surface area contributed by atoms with E-state index in [1.165, 1.54) is 5.56 Å². The molecule has 2 heterocycles. The van der Waals surface area contributed by atoms with Gasteiger partial charge in [-0.1, -0.05) is 0 Å². The van der Waals surface area contributed by atoms with Crippen molar-refractivity contribution in [3.05, 3.63) is 60.4 Å². The number of H-pyrrole nitrogens is 1. The number of aromatic nitrogens is 2. The van der Waals surface area contributed by atoms with Crippen molar-refractivity contribution in [1.82, 2.24) is 14.9 Å². The first-order chi connectivity index (χ1) is 14.2. The van der Waals surface area contributed by atoms with Crippen molar-refractivity contribution in [3.8, 4) is 11.5 Å². The molecule has 0 bridgehead atoms. The number of aromatic amines is 1. The van der Waals surface area contributed by atoms with Gasteiger partial charge in [0.2, 0.25) is 5.91 Å². The van der Waals surface area contributed by atoms with Gasteiger partial charge in [-0.25, -0.2) is 0 Å². The minimum Gasteiger partial charge on any atom is -0.497 e. The van der Waals surface area contributed by atoms with E-state index >= 15 is 0 Å². The molecule has 0 aliphatic carbocycles. The summed E-state index contributed by atoms with van der Waals surface area (Å²) in [6.07, 6.45) is 5.22. The van der Waals surface area contributed by atoms with Gasteiger partial charge in [0, 0.05) is 53.7 Å². The first-order valence-corrected chi connectivity index (χ1v) is 9.71. The number of nitrogens with zero attached hydrogens (tertiary/aromatic N) is 1. The van der Waals surface area contributed by atoms with E-state index in [0.717, 1.165) is 39.7 Å². The van der Waals surface area contributed by atoms with E-state index in [1.54, 1.807) is 14.2 Å². The summed E-state index contributed by atoms with van der Waals surface area (Å²) >= 11 is 0. The van der Waals surface area contributed by atoms with Gasteiger partial charge in [0.05, 0.1) is 14.2 Å². The van der Waals surface area contributed by atoms with Crippen molar-refractivity contribution in [1.29, 1.82) is 0 Å². The molecule has 4 rings (SSSR count). The summed E-state index contributed by atoms with van der Waals surface area (Å²) in [5, 5.41) is 5.27. The van der Waals surface area contributed by atoms with E-state index in [1.807, 2.05) is 54.9 Å². The molecule has 0 atom stereocenters. The Kier molecular flexibility index (Phi) is 5.42. The van der Waals surface area contributed by atoms with Crippen LogP contribution < -0.4 is 14.8 Å². The molecule has 0 unspecified atom stereocenters. The van der Waals surface area contributed by atoms with Crippen molar-refractivity contribution < 1.29 is 14.3 Å². The Morgan fingerprint density at radius 2 is 1.86 bits per heavy atom. The fourth-order valence-electron chi connectivity index (χ4n) is 3.64. The molecular formula is C23H25N3O3. The number of hydrogen-bond donors (Lipinski definition) is 2. The molecule has 4 aromatic rings. The number of methoxy groups -OCH3 is 2. The molecule has 1 amide bonds. The van der Waals surface area contributed by atoms with Gasteiger partial charge in [-0.3, -0.25) is 4.79 Å². The molecule has 29 heavy (non-hydrogen) atoms. The second-order valence-electron chi connectivity index (χ2n) is 7.01. The van der Waals surface area contributed by atoms with Gasteiger partial charge in [-0.05, 0) is 54.4 Å². The molecule has 2 N–H and O–H groups in total. The molecule has 2 aromatic carbocycles. The van der Waals surface area contributed by atoms with Gasteiger partial charge < -0.3 is 24.3 Å². The SMILES string of the molecule is COc1ccc2c(ccn2CCC(=O)NCCc2c[nH]c3ccc(OC)cc23)c1. The number of carbonyl (C=O) groups excluding carboxylic acids is 1. The zero-order valence-corrected chi connectivity index (χ0v) is 16.7. The number of amides is 1. The highest BCUT2D eigenvalue weighted by molar-refractivity contribution is 5.85. The number of aryl methyl sites for hydroxylation is 1. The fraction of sp³-hybridized carbons (Fsp3) is 0.261. The third-order valence-electron chi connectivity index (χ3n) is 5.25. The van der Waals surface area contributed by atoms with Crippen LogP contribution in [-0.4, -0.2) is 36.2 Å². The van der Waals surface area contributed by atoms with Gasteiger partial charge in [-0.15, -0.1) is 0 Å². The molecule has 0 saturated heterocycles. The first-order valence-electron chi connectivity index (χ1n) is 9.71. The highest BCUT2D eigenvalue weighted by Crippen LogP contribution is 2.24. The zero-order chi connectivity index (χ0) is 20.2. The van der Waals surface area contributed by atoms with Crippen molar-refractivity contribution in [3.63, 3.8) is 0 Å². The van der Waals surface area contributed by atoms with E-state index < -0.39 is 0 Å². The molecule has 0 spiro atoms. The van der Waals surface area contributed by atoms with E-state index in [9.17, 15) is 4.79 Å². The van der Waals surface area contributed by atoms with Crippen LogP contribution in [0.4, 0.5) is 0 Å². The normalized spacial score (nSPS) is 11.1. The molecule has 0 saturated carbocycles. The summed E-state index contributed by atoms with van der Waals surface area (Å²) in [6.45, 7) is 1.25. The van der Waals surface area contributed by atoms with Crippen molar-refractivity contribution in [2.24, 2.45) is 0 Å². The third kappa shape index (κ3) is 4.06. The van der Waals surface area contributed by atoms with Crippen LogP contribution in [-0.2, 0) is 17.8 Å². The van der Waals surface area contributed by atoms with Gasteiger partial charge in [0.25, 0.3) is 0 Å². The smallest absolute Gasteiger partial charge is 0.221 e. The van der Waals surface area contributed by atoms with E-state index in [4.69, 9.17) is 9.47 Å². The summed E-state index contributed by atoms with van der Waals surface area (Å²) in [6, 6.07) is 14.0. The van der Waals surface area contributed by atoms with Gasteiger partial charge in [-0.2, -0.15) is 0 Å². The molecule has 0 fully saturated rings. The van der Waals surface area contributed by atoms with Crippen LogP contribution >= 0.6 is 0 Å². The largest absolute Gasteiger partial charge is 0.497 e. The number of hydrogen-bond acceptors (Lipinski definition) is 3. The van der Waals surface area contributed by atoms with Crippen LogP contribution in [0.3, 0.4) is 0 Å². The minimum absolute atomic E-state index is 0.0535. The average molecular weight is 391 g/mol. The molecule has 6 heteroatoms. The number of ether oxygens (including phenoxy) is 2. The molecule has 0 radical (unpaired) electrons. The van der Waals surface area contributed by atoms with E-state index in [-0.39, 0.29) is 5.91 Å². The number of benzene rings is 2. The number of carbonyl (C=O) groups is 1. The maximum atomic E-state index is 12.3. The molecule has 150 valence electrons. The summed E-state index contributed by atoms with van der Waals surface area (Å²) in [5.74, 6) is 1.72. The Morgan fingerprint density at radius 1 is 1.07 bits per heavy atom. The molecule has 0 aliphatic heterocycles. The van der Waals surface area contributed by atoms with Crippen molar-refractivity contribution in [2.45, 2.75) is 19.4 Å². The number of fused-ring (bicyclic) bond motifs is 2. The standard InChI is InChI=1S/C23H25N3O3/c1-28-18-4-6-22-16(13-18)8-11-26(22)12-9-23(27)24-10-7-17-15-25-21-5-3-19(29-2)14-20(17)21/h3-6,8,11,13-15,25H,7,9-10,12H2,1-2H3,(H,24,27). The highest BCUT2D eigenvalue weighted by atomic mass is 16.5. The van der Waals surface area contributed by atoms with Gasteiger partial charge in [0.15, 0.2) is 0 Å². The van der Waals surface area contributed by atoms with Crippen LogP contribution in [0.15, 0.2) is 54.9 Å². The molecular weight excluding hydrogens is 366 g/mol. The summed E-state index contributed by atoms with van der Waals surface area (Å²) in [7, 11) is 3.33. The zero-order valence-electron chi connectivity index (χ0n) is 16.7. The number of rotatable bonds is 8.